The molecule has 6 heteroatoms. The van der Waals surface area contributed by atoms with Crippen LogP contribution in [0.25, 0.3) is 10.9 Å². The van der Waals surface area contributed by atoms with Gasteiger partial charge in [0, 0.05) is 30.0 Å². The number of hydrogen-bond donors (Lipinski definition) is 2. The van der Waals surface area contributed by atoms with E-state index in [1.807, 2.05) is 51.1 Å². The molecule has 1 aromatic heterocycles. The molecule has 2 N–H and O–H groups in total. The summed E-state index contributed by atoms with van der Waals surface area (Å²) in [5, 5.41) is 3.99. The van der Waals surface area contributed by atoms with Crippen molar-refractivity contribution in [2.75, 3.05) is 13.1 Å². The van der Waals surface area contributed by atoms with Crippen LogP contribution in [0.1, 0.15) is 37.7 Å². The number of carbonyl (C=O) groups excluding carboxylic acids is 2. The molecule has 1 aliphatic rings. The van der Waals surface area contributed by atoms with Gasteiger partial charge in [-0.2, -0.15) is 0 Å². The van der Waals surface area contributed by atoms with Gasteiger partial charge in [0.15, 0.2) is 0 Å². The third kappa shape index (κ3) is 3.69. The van der Waals surface area contributed by atoms with E-state index in [1.54, 1.807) is 4.90 Å². The van der Waals surface area contributed by atoms with Gasteiger partial charge in [0.1, 0.15) is 11.3 Å². The molecule has 1 aromatic carbocycles. The van der Waals surface area contributed by atoms with Crippen molar-refractivity contribution in [3.63, 3.8) is 0 Å². The van der Waals surface area contributed by atoms with Crippen molar-refractivity contribution in [3.05, 3.63) is 36.0 Å². The fraction of sp³-hybridized carbons (Fsp3) is 0.444. The van der Waals surface area contributed by atoms with Gasteiger partial charge in [0.2, 0.25) is 0 Å². The first kappa shape index (κ1) is 16.4. The number of fused-ring (bicyclic) bond motifs is 1. The van der Waals surface area contributed by atoms with Crippen LogP contribution < -0.4 is 5.32 Å². The van der Waals surface area contributed by atoms with Gasteiger partial charge in [0.05, 0.1) is 0 Å². The molecule has 2 aromatic rings. The Morgan fingerprint density at radius 2 is 2.04 bits per heavy atom. The SMILES string of the molecule is CC(C)(C)OC(=O)N1CC[C@H](NC(=O)c2cc3ccccc3[nH]2)C1. The lowest BCUT2D eigenvalue weighted by atomic mass is 10.2. The van der Waals surface area contributed by atoms with E-state index in [0.29, 0.717) is 18.8 Å². The van der Waals surface area contributed by atoms with Crippen molar-refractivity contribution in [2.24, 2.45) is 0 Å². The van der Waals surface area contributed by atoms with Crippen molar-refractivity contribution in [3.8, 4) is 0 Å². The van der Waals surface area contributed by atoms with Crippen LogP contribution in [0, 0.1) is 0 Å². The van der Waals surface area contributed by atoms with Gasteiger partial charge in [-0.1, -0.05) is 18.2 Å². The van der Waals surface area contributed by atoms with Gasteiger partial charge in [-0.25, -0.2) is 4.79 Å². The zero-order valence-electron chi connectivity index (χ0n) is 14.3. The van der Waals surface area contributed by atoms with Crippen LogP contribution in [-0.4, -0.2) is 46.6 Å². The quantitative estimate of drug-likeness (QED) is 0.889. The molecule has 0 bridgehead atoms. The summed E-state index contributed by atoms with van der Waals surface area (Å²) in [6.45, 7) is 6.59. The standard InChI is InChI=1S/C18H23N3O3/c1-18(2,3)24-17(23)21-9-8-13(11-21)19-16(22)15-10-12-6-4-5-7-14(12)20-15/h4-7,10,13,20H,8-9,11H2,1-3H3,(H,19,22)/t13-/m0/s1. The molecule has 6 nitrogen and oxygen atoms in total. The summed E-state index contributed by atoms with van der Waals surface area (Å²) in [5.74, 6) is -0.151. The minimum atomic E-state index is -0.511. The van der Waals surface area contributed by atoms with E-state index in [4.69, 9.17) is 4.74 Å². The third-order valence-corrected chi connectivity index (χ3v) is 3.95. The Morgan fingerprint density at radius 3 is 2.75 bits per heavy atom. The van der Waals surface area contributed by atoms with Gasteiger partial charge in [-0.3, -0.25) is 4.79 Å². The average molecular weight is 329 g/mol. The van der Waals surface area contributed by atoms with E-state index < -0.39 is 5.60 Å². The van der Waals surface area contributed by atoms with Crippen LogP contribution in [-0.2, 0) is 4.74 Å². The highest BCUT2D eigenvalue weighted by atomic mass is 16.6. The Labute approximate surface area is 141 Å². The molecule has 0 aliphatic carbocycles. The molecule has 2 amide bonds. The number of carbonyl (C=O) groups is 2. The molecular formula is C18H23N3O3. The lowest BCUT2D eigenvalue weighted by molar-refractivity contribution is 0.0290. The first-order chi connectivity index (χ1) is 11.3. The number of nitrogens with zero attached hydrogens (tertiary/aromatic N) is 1. The van der Waals surface area contributed by atoms with Crippen molar-refractivity contribution in [1.29, 1.82) is 0 Å². The van der Waals surface area contributed by atoms with Crippen molar-refractivity contribution < 1.29 is 14.3 Å². The van der Waals surface area contributed by atoms with Crippen molar-refractivity contribution in [2.45, 2.75) is 38.8 Å². The molecule has 1 atom stereocenters. The van der Waals surface area contributed by atoms with E-state index in [1.165, 1.54) is 0 Å². The Hall–Kier alpha value is -2.50. The zero-order valence-corrected chi connectivity index (χ0v) is 14.3. The molecule has 1 aliphatic heterocycles. The second-order valence-electron chi connectivity index (χ2n) is 7.16. The van der Waals surface area contributed by atoms with Crippen LogP contribution in [0.4, 0.5) is 4.79 Å². The summed E-state index contributed by atoms with van der Waals surface area (Å²) >= 11 is 0. The number of nitrogens with one attached hydrogen (secondary N) is 2. The summed E-state index contributed by atoms with van der Waals surface area (Å²) in [4.78, 5) is 29.2. The predicted octanol–water partition coefficient (Wildman–Crippen LogP) is 2.91. The maximum Gasteiger partial charge on any atom is 0.410 e. The van der Waals surface area contributed by atoms with Gasteiger partial charge in [-0.05, 0) is 39.3 Å². The second kappa shape index (κ2) is 6.19. The summed E-state index contributed by atoms with van der Waals surface area (Å²) in [6.07, 6.45) is 0.399. The van der Waals surface area contributed by atoms with Gasteiger partial charge in [0.25, 0.3) is 5.91 Å². The Kier molecular flexibility index (Phi) is 4.22. The number of aromatic amines is 1. The summed E-state index contributed by atoms with van der Waals surface area (Å²) < 4.78 is 5.37. The number of benzene rings is 1. The summed E-state index contributed by atoms with van der Waals surface area (Å²) in [6, 6.07) is 9.54. The van der Waals surface area contributed by atoms with E-state index in [2.05, 4.69) is 10.3 Å². The molecule has 3 rings (SSSR count). The predicted molar refractivity (Wildman–Crippen MR) is 92.0 cm³/mol. The summed E-state index contributed by atoms with van der Waals surface area (Å²) in [7, 11) is 0. The fourth-order valence-electron chi connectivity index (χ4n) is 2.83. The largest absolute Gasteiger partial charge is 0.444 e. The Balaban J connectivity index is 1.59. The monoisotopic (exact) mass is 329 g/mol. The maximum atomic E-state index is 12.4. The molecule has 1 fully saturated rings. The highest BCUT2D eigenvalue weighted by Crippen LogP contribution is 2.17. The molecule has 1 saturated heterocycles. The molecule has 0 radical (unpaired) electrons. The Bertz CT molecular complexity index is 727. The molecule has 24 heavy (non-hydrogen) atoms. The fourth-order valence-corrected chi connectivity index (χ4v) is 2.83. The van der Waals surface area contributed by atoms with Crippen molar-refractivity contribution in [1.82, 2.24) is 15.2 Å². The average Bonchev–Trinajstić information content (AvgIpc) is 3.11. The van der Waals surface area contributed by atoms with Crippen LogP contribution in [0.15, 0.2) is 30.3 Å². The van der Waals surface area contributed by atoms with Gasteiger partial charge in [-0.15, -0.1) is 0 Å². The molecule has 0 unspecified atom stereocenters. The van der Waals surface area contributed by atoms with Crippen LogP contribution in [0.3, 0.4) is 0 Å². The van der Waals surface area contributed by atoms with E-state index in [0.717, 1.165) is 17.3 Å². The second-order valence-corrected chi connectivity index (χ2v) is 7.16. The number of amides is 2. The van der Waals surface area contributed by atoms with Crippen LogP contribution in [0.2, 0.25) is 0 Å². The number of para-hydroxylation sites is 1. The number of hydrogen-bond acceptors (Lipinski definition) is 3. The minimum Gasteiger partial charge on any atom is -0.444 e. The van der Waals surface area contributed by atoms with Gasteiger partial charge < -0.3 is 19.9 Å². The normalized spacial score (nSPS) is 18.0. The summed E-state index contributed by atoms with van der Waals surface area (Å²) in [5.41, 5.74) is 0.958. The molecular weight excluding hydrogens is 306 g/mol. The number of rotatable bonds is 2. The lowest BCUT2D eigenvalue weighted by Gasteiger charge is -2.24. The minimum absolute atomic E-state index is 0.0589. The van der Waals surface area contributed by atoms with E-state index in [9.17, 15) is 9.59 Å². The van der Waals surface area contributed by atoms with Crippen LogP contribution in [0.5, 0.6) is 0 Å². The highest BCUT2D eigenvalue weighted by Gasteiger charge is 2.30. The molecule has 2 heterocycles. The maximum absolute atomic E-state index is 12.4. The highest BCUT2D eigenvalue weighted by molar-refractivity contribution is 5.98. The number of likely N-dealkylation sites (tertiary alicyclic amines) is 1. The topological polar surface area (TPSA) is 74.4 Å². The van der Waals surface area contributed by atoms with Crippen LogP contribution >= 0.6 is 0 Å². The zero-order chi connectivity index (χ0) is 17.3. The lowest BCUT2D eigenvalue weighted by Crippen LogP contribution is -2.40. The molecule has 0 spiro atoms. The number of aromatic nitrogens is 1. The number of ether oxygens (including phenoxy) is 1. The van der Waals surface area contributed by atoms with Crippen molar-refractivity contribution >= 4 is 22.9 Å². The third-order valence-electron chi connectivity index (χ3n) is 3.95. The molecule has 128 valence electrons. The smallest absolute Gasteiger partial charge is 0.410 e. The Morgan fingerprint density at radius 1 is 1.29 bits per heavy atom. The van der Waals surface area contributed by atoms with Gasteiger partial charge >= 0.3 is 6.09 Å². The first-order valence-corrected chi connectivity index (χ1v) is 8.18. The van der Waals surface area contributed by atoms with E-state index in [-0.39, 0.29) is 18.0 Å². The first-order valence-electron chi connectivity index (χ1n) is 8.18. The molecule has 0 saturated carbocycles. The number of H-pyrrole nitrogens is 1. The van der Waals surface area contributed by atoms with E-state index >= 15 is 0 Å².